The molecule has 322 valence electrons. The third kappa shape index (κ3) is 26.6. The van der Waals surface area contributed by atoms with Crippen LogP contribution in [0.2, 0.25) is 0 Å². The highest BCUT2D eigenvalue weighted by molar-refractivity contribution is 5.91. The maximum atomic E-state index is 13.5. The van der Waals surface area contributed by atoms with Gasteiger partial charge in [-0.2, -0.15) is 0 Å². The molecule has 5 amide bonds. The predicted octanol–water partition coefficient (Wildman–Crippen LogP) is 2.83. The van der Waals surface area contributed by atoms with Crippen LogP contribution in [0.1, 0.15) is 117 Å². The van der Waals surface area contributed by atoms with Crippen LogP contribution < -0.4 is 16.8 Å². The Balaban J connectivity index is 5.43. The number of ether oxygens (including phenoxy) is 4. The number of methoxy groups -OCH3 is 2. The number of rotatable bonds is 35. The number of nitrogens with zero attached hydrogens (tertiary/aromatic N) is 2. The number of nitrogens with two attached hydrogens (primary N) is 2. The Bertz CT molecular complexity index is 1170. The second-order valence-corrected chi connectivity index (χ2v) is 14.3. The van der Waals surface area contributed by atoms with Gasteiger partial charge in [0.1, 0.15) is 19.3 Å². The van der Waals surface area contributed by atoms with E-state index in [2.05, 4.69) is 5.32 Å². The summed E-state index contributed by atoms with van der Waals surface area (Å²) in [5, 5.41) is 2.59. The summed E-state index contributed by atoms with van der Waals surface area (Å²) >= 11 is 0. The van der Waals surface area contributed by atoms with E-state index in [1.807, 2.05) is 0 Å². The molecule has 0 aromatic rings. The fraction of sp³-hybridized carbons (Fsp3) is 0.795. The molecule has 56 heavy (non-hydrogen) atoms. The van der Waals surface area contributed by atoms with Crippen LogP contribution >= 0.6 is 0 Å². The van der Waals surface area contributed by atoms with Gasteiger partial charge in [0.05, 0.1) is 26.3 Å². The molecule has 0 aromatic carbocycles. The smallest absolute Gasteiger partial charge is 0.407 e. The van der Waals surface area contributed by atoms with Gasteiger partial charge < -0.3 is 45.5 Å². The maximum Gasteiger partial charge on any atom is 0.407 e. The quantitative estimate of drug-likeness (QED) is 0.0619. The Hall–Kier alpha value is -4.12. The van der Waals surface area contributed by atoms with Gasteiger partial charge in [0, 0.05) is 65.3 Å². The van der Waals surface area contributed by atoms with Gasteiger partial charge in [-0.15, -0.1) is 0 Å². The van der Waals surface area contributed by atoms with Crippen molar-refractivity contribution in [3.05, 3.63) is 0 Å². The molecule has 0 heterocycles. The molecule has 0 spiro atoms. The lowest BCUT2D eigenvalue weighted by molar-refractivity contribution is -0.145. The first-order valence-electron chi connectivity index (χ1n) is 19.8. The van der Waals surface area contributed by atoms with Gasteiger partial charge in [-0.25, -0.2) is 4.79 Å². The summed E-state index contributed by atoms with van der Waals surface area (Å²) in [6, 6.07) is -0.977. The lowest BCUT2D eigenvalue weighted by Crippen LogP contribution is -2.48. The SMILES string of the molecule is COCCOC(=O)CCCCCC(NC(=O)OCCOC)C(=O)N(C)CCC(=O)N(CC(=O)CCCCC[C@H](C)C(N)=O)CC(=O)CCCCC[C@H](C)C(N)=O. The van der Waals surface area contributed by atoms with Gasteiger partial charge in [0.25, 0.3) is 0 Å². The molecule has 0 saturated heterocycles. The van der Waals surface area contributed by atoms with Gasteiger partial charge in [-0.1, -0.05) is 52.4 Å². The zero-order chi connectivity index (χ0) is 42.3. The molecule has 0 fully saturated rings. The first-order chi connectivity index (χ1) is 26.6. The summed E-state index contributed by atoms with van der Waals surface area (Å²) in [5.41, 5.74) is 10.6. The molecule has 0 radical (unpaired) electrons. The van der Waals surface area contributed by atoms with Crippen LogP contribution in [0.4, 0.5) is 4.79 Å². The highest BCUT2D eigenvalue weighted by atomic mass is 16.6. The Kier molecular flexibility index (Phi) is 29.7. The van der Waals surface area contributed by atoms with Gasteiger partial charge in [-0.05, 0) is 38.5 Å². The van der Waals surface area contributed by atoms with Crippen molar-refractivity contribution in [3.8, 4) is 0 Å². The number of primary amides is 2. The molecule has 17 heteroatoms. The standard InChI is InChI=1S/C39H69N5O12/c1-29(36(40)49)15-9-6-11-17-31(45)27-44(28-32(46)18-12-7-10-16-30(2)37(41)50)34(47)21-22-43(3)38(51)33(42-39(52)56-26-24-54-5)19-13-8-14-20-35(48)55-25-23-53-4/h29-30,33H,6-28H2,1-5H3,(H2,40,49)(H2,41,50)(H,42,52)/t29-,30-,33?/m0/s1. The number of unbranched alkanes of at least 4 members (excludes halogenated alkanes) is 6. The van der Waals surface area contributed by atoms with Crippen LogP contribution in [0.3, 0.4) is 0 Å². The number of alkyl carbamates (subject to hydrolysis) is 1. The molecule has 1 unspecified atom stereocenters. The molecule has 0 aliphatic carbocycles. The fourth-order valence-electron chi connectivity index (χ4n) is 5.56. The van der Waals surface area contributed by atoms with Gasteiger partial charge in [0.2, 0.25) is 23.6 Å². The van der Waals surface area contributed by atoms with Crippen LogP contribution in [0.25, 0.3) is 0 Å². The average Bonchev–Trinajstić information content (AvgIpc) is 3.15. The Morgan fingerprint density at radius 1 is 0.589 bits per heavy atom. The highest BCUT2D eigenvalue weighted by Crippen LogP contribution is 2.14. The second-order valence-electron chi connectivity index (χ2n) is 14.3. The largest absolute Gasteiger partial charge is 0.463 e. The molecule has 3 atom stereocenters. The van der Waals surface area contributed by atoms with E-state index in [4.69, 9.17) is 30.4 Å². The number of nitrogens with one attached hydrogen (secondary N) is 1. The van der Waals surface area contributed by atoms with E-state index in [1.54, 1.807) is 13.8 Å². The van der Waals surface area contributed by atoms with Crippen LogP contribution in [0.15, 0.2) is 0 Å². The van der Waals surface area contributed by atoms with E-state index in [0.29, 0.717) is 64.4 Å². The van der Waals surface area contributed by atoms with Gasteiger partial charge in [0.15, 0.2) is 11.6 Å². The number of likely N-dealkylation sites (N-methyl/N-ethyl adjacent to an activating group) is 1. The van der Waals surface area contributed by atoms with E-state index >= 15 is 0 Å². The summed E-state index contributed by atoms with van der Waals surface area (Å²) < 4.78 is 19.9. The van der Waals surface area contributed by atoms with Gasteiger partial charge in [-0.3, -0.25) is 33.6 Å². The van der Waals surface area contributed by atoms with E-state index in [1.165, 1.54) is 31.1 Å². The monoisotopic (exact) mass is 799 g/mol. The summed E-state index contributed by atoms with van der Waals surface area (Å²) in [7, 11) is 4.46. The molecular weight excluding hydrogens is 730 g/mol. The number of carbonyl (C=O) groups is 8. The topological polar surface area (TPSA) is 244 Å². The minimum Gasteiger partial charge on any atom is -0.463 e. The summed E-state index contributed by atoms with van der Waals surface area (Å²) in [6.45, 7) is 3.57. The molecule has 0 aliphatic heterocycles. The van der Waals surface area contributed by atoms with Crippen molar-refractivity contribution in [2.45, 2.75) is 123 Å². The number of hydrogen-bond acceptors (Lipinski definition) is 12. The van der Waals surface area contributed by atoms with Crippen LogP contribution in [0, 0.1) is 11.8 Å². The molecule has 0 saturated carbocycles. The molecule has 5 N–H and O–H groups in total. The van der Waals surface area contributed by atoms with Crippen molar-refractivity contribution < 1.29 is 57.3 Å². The number of hydrogen-bond donors (Lipinski definition) is 3. The Morgan fingerprint density at radius 2 is 1.05 bits per heavy atom. The van der Waals surface area contributed by atoms with E-state index in [0.717, 1.165) is 12.8 Å². The molecule has 17 nitrogen and oxygen atoms in total. The van der Waals surface area contributed by atoms with E-state index in [9.17, 15) is 38.4 Å². The lowest BCUT2D eigenvalue weighted by atomic mass is 10.0. The first kappa shape index (κ1) is 51.9. The average molecular weight is 800 g/mol. The minimum absolute atomic E-state index is 0.0188. The third-order valence-electron chi connectivity index (χ3n) is 9.32. The number of esters is 1. The minimum atomic E-state index is -0.977. The molecule has 0 aromatic heterocycles. The molecular formula is C39H69N5O12. The molecule has 0 rings (SSSR count). The number of Topliss-reactive ketones (excluding diaryl/α,β-unsaturated/α-hetero) is 2. The summed E-state index contributed by atoms with van der Waals surface area (Å²) in [6.07, 6.45) is 6.67. The van der Waals surface area contributed by atoms with Crippen molar-refractivity contribution in [1.82, 2.24) is 15.1 Å². The number of carbonyl (C=O) groups excluding carboxylic acids is 8. The Morgan fingerprint density at radius 3 is 1.54 bits per heavy atom. The van der Waals surface area contributed by atoms with Crippen molar-refractivity contribution in [2.75, 3.05) is 67.3 Å². The van der Waals surface area contributed by atoms with Crippen LogP contribution in [-0.4, -0.2) is 130 Å². The van der Waals surface area contributed by atoms with Gasteiger partial charge >= 0.3 is 12.1 Å². The highest BCUT2D eigenvalue weighted by Gasteiger charge is 2.26. The van der Waals surface area contributed by atoms with Crippen molar-refractivity contribution >= 4 is 47.3 Å². The Labute approximate surface area is 332 Å². The number of ketones is 2. The third-order valence-corrected chi connectivity index (χ3v) is 9.32. The van der Waals surface area contributed by atoms with Crippen LogP contribution in [-0.2, 0) is 52.5 Å². The first-order valence-corrected chi connectivity index (χ1v) is 19.8. The lowest BCUT2D eigenvalue weighted by Gasteiger charge is -2.26. The zero-order valence-corrected chi connectivity index (χ0v) is 34.4. The molecule has 0 bridgehead atoms. The fourth-order valence-corrected chi connectivity index (χ4v) is 5.56. The van der Waals surface area contributed by atoms with Crippen LogP contribution in [0.5, 0.6) is 0 Å². The van der Waals surface area contributed by atoms with E-state index < -0.39 is 23.9 Å². The van der Waals surface area contributed by atoms with E-state index in [-0.39, 0.29) is 113 Å². The number of amides is 5. The summed E-state index contributed by atoms with van der Waals surface area (Å²) in [5.74, 6) is -2.96. The van der Waals surface area contributed by atoms with Crippen molar-refractivity contribution in [2.24, 2.45) is 23.3 Å². The van der Waals surface area contributed by atoms with Crippen molar-refractivity contribution in [3.63, 3.8) is 0 Å². The van der Waals surface area contributed by atoms with Crippen molar-refractivity contribution in [1.29, 1.82) is 0 Å². The predicted molar refractivity (Wildman–Crippen MR) is 208 cm³/mol. The normalized spacial score (nSPS) is 12.5. The second kappa shape index (κ2) is 32.0. The zero-order valence-electron chi connectivity index (χ0n) is 34.4. The molecule has 0 aliphatic rings. The maximum absolute atomic E-state index is 13.5. The summed E-state index contributed by atoms with van der Waals surface area (Å²) in [4.78, 5) is 102.